The van der Waals surface area contributed by atoms with E-state index in [4.69, 9.17) is 18.0 Å². The van der Waals surface area contributed by atoms with Crippen LogP contribution in [0.2, 0.25) is 0 Å². The van der Waals surface area contributed by atoms with Crippen LogP contribution in [-0.4, -0.2) is 27.9 Å². The molecule has 5 nitrogen and oxygen atoms in total. The number of nitrogens with zero attached hydrogens (tertiary/aromatic N) is 1. The highest BCUT2D eigenvalue weighted by Gasteiger charge is 2.37. The summed E-state index contributed by atoms with van der Waals surface area (Å²) in [6.45, 7) is 1.96. The number of nitrogens with one attached hydrogen (secondary N) is 1. The minimum absolute atomic E-state index is 0.0256. The Balaban J connectivity index is 2.24. The van der Waals surface area contributed by atoms with E-state index in [1.165, 1.54) is 18.2 Å². The molecular formula is C14H16FN3O2S. The molecule has 1 fully saturated rings. The second kappa shape index (κ2) is 6.17. The summed E-state index contributed by atoms with van der Waals surface area (Å²) in [5.41, 5.74) is 6.45. The Labute approximate surface area is 127 Å². The molecule has 0 spiro atoms. The molecule has 1 unspecified atom stereocenters. The maximum absolute atomic E-state index is 13.3. The minimum atomic E-state index is -0.490. The Kier molecular flexibility index (Phi) is 4.52. The molecule has 0 aliphatic carbocycles. The quantitative estimate of drug-likeness (QED) is 0.641. The predicted molar refractivity (Wildman–Crippen MR) is 80.1 cm³/mol. The molecule has 1 aliphatic rings. The van der Waals surface area contributed by atoms with Crippen LogP contribution in [0.15, 0.2) is 18.2 Å². The van der Waals surface area contributed by atoms with Crippen molar-refractivity contribution in [2.45, 2.75) is 32.4 Å². The first-order valence-electron chi connectivity index (χ1n) is 6.64. The fraction of sp³-hybridized carbons (Fsp3) is 0.357. The molecule has 1 saturated heterocycles. The van der Waals surface area contributed by atoms with Gasteiger partial charge in [0.2, 0.25) is 0 Å². The van der Waals surface area contributed by atoms with Crippen molar-refractivity contribution in [3.8, 4) is 0 Å². The van der Waals surface area contributed by atoms with Gasteiger partial charge in [0, 0.05) is 5.56 Å². The molecule has 3 amide bonds. The molecule has 21 heavy (non-hydrogen) atoms. The number of urea groups is 1. The SMILES string of the molecule is CCCC1NC(=O)N(Cc2ccc(F)cc2C(N)=S)C1=O. The van der Waals surface area contributed by atoms with Gasteiger partial charge in [-0.05, 0) is 24.1 Å². The normalized spacial score (nSPS) is 18.0. The number of thiocarbonyl (C=S) groups is 1. The van der Waals surface area contributed by atoms with Crippen LogP contribution >= 0.6 is 12.2 Å². The standard InChI is InChI=1S/C14H16FN3O2S/c1-2-3-11-13(19)18(14(20)17-11)7-8-4-5-9(15)6-10(8)12(16)21/h4-6,11H,2-3,7H2,1H3,(H2,16,21)(H,17,20). The van der Waals surface area contributed by atoms with E-state index >= 15 is 0 Å². The molecular weight excluding hydrogens is 293 g/mol. The van der Waals surface area contributed by atoms with Crippen LogP contribution in [0.4, 0.5) is 9.18 Å². The molecule has 1 aromatic carbocycles. The minimum Gasteiger partial charge on any atom is -0.389 e. The van der Waals surface area contributed by atoms with Crippen LogP contribution in [0.3, 0.4) is 0 Å². The van der Waals surface area contributed by atoms with Gasteiger partial charge in [-0.1, -0.05) is 31.6 Å². The van der Waals surface area contributed by atoms with Gasteiger partial charge in [-0.3, -0.25) is 9.69 Å². The summed E-state index contributed by atoms with van der Waals surface area (Å²) in [6, 6.07) is 3.00. The van der Waals surface area contributed by atoms with Crippen LogP contribution in [-0.2, 0) is 11.3 Å². The first-order chi connectivity index (χ1) is 9.93. The van der Waals surface area contributed by atoms with Crippen LogP contribution in [0.25, 0.3) is 0 Å². The summed E-state index contributed by atoms with van der Waals surface area (Å²) >= 11 is 4.88. The van der Waals surface area contributed by atoms with E-state index in [0.717, 1.165) is 11.3 Å². The number of carbonyl (C=O) groups excluding carboxylic acids is 2. The molecule has 1 aliphatic heterocycles. The van der Waals surface area contributed by atoms with Gasteiger partial charge in [0.25, 0.3) is 5.91 Å². The van der Waals surface area contributed by atoms with Crippen molar-refractivity contribution in [3.63, 3.8) is 0 Å². The number of imide groups is 1. The van der Waals surface area contributed by atoms with Gasteiger partial charge in [0.1, 0.15) is 16.8 Å². The zero-order valence-corrected chi connectivity index (χ0v) is 12.4. The monoisotopic (exact) mass is 309 g/mol. The number of rotatable bonds is 5. The fourth-order valence-corrected chi connectivity index (χ4v) is 2.49. The van der Waals surface area contributed by atoms with Gasteiger partial charge in [0.15, 0.2) is 0 Å². The van der Waals surface area contributed by atoms with Crippen LogP contribution < -0.4 is 11.1 Å². The number of halogens is 1. The first kappa shape index (κ1) is 15.4. The lowest BCUT2D eigenvalue weighted by molar-refractivity contribution is -0.128. The molecule has 1 aromatic rings. The summed E-state index contributed by atoms with van der Waals surface area (Å²) < 4.78 is 13.3. The van der Waals surface area contributed by atoms with Crippen LogP contribution in [0.5, 0.6) is 0 Å². The van der Waals surface area contributed by atoms with Gasteiger partial charge >= 0.3 is 6.03 Å². The van der Waals surface area contributed by atoms with E-state index in [9.17, 15) is 14.0 Å². The largest absolute Gasteiger partial charge is 0.389 e. The molecule has 0 aromatic heterocycles. The average Bonchev–Trinajstić information content (AvgIpc) is 2.68. The highest BCUT2D eigenvalue weighted by atomic mass is 32.1. The lowest BCUT2D eigenvalue weighted by Crippen LogP contribution is -2.32. The topological polar surface area (TPSA) is 75.4 Å². The smallest absolute Gasteiger partial charge is 0.325 e. The molecule has 0 bridgehead atoms. The molecule has 3 N–H and O–H groups in total. The Morgan fingerprint density at radius 2 is 2.19 bits per heavy atom. The number of hydrogen-bond acceptors (Lipinski definition) is 3. The van der Waals surface area contributed by atoms with Crippen molar-refractivity contribution in [1.29, 1.82) is 0 Å². The number of nitrogens with two attached hydrogens (primary N) is 1. The Morgan fingerprint density at radius 1 is 1.48 bits per heavy atom. The van der Waals surface area contributed by atoms with Crippen molar-refractivity contribution < 1.29 is 14.0 Å². The highest BCUT2D eigenvalue weighted by molar-refractivity contribution is 7.80. The second-order valence-electron chi connectivity index (χ2n) is 4.88. The summed E-state index contributed by atoms with van der Waals surface area (Å²) in [5, 5.41) is 2.63. The van der Waals surface area contributed by atoms with Gasteiger partial charge in [0.05, 0.1) is 6.54 Å². The van der Waals surface area contributed by atoms with Gasteiger partial charge < -0.3 is 11.1 Å². The maximum Gasteiger partial charge on any atom is 0.325 e. The predicted octanol–water partition coefficient (Wildman–Crippen LogP) is 1.68. The Hall–Kier alpha value is -2.02. The van der Waals surface area contributed by atoms with Crippen molar-refractivity contribution >= 4 is 29.1 Å². The van der Waals surface area contributed by atoms with Gasteiger partial charge in [-0.25, -0.2) is 9.18 Å². The zero-order chi connectivity index (χ0) is 15.6. The molecule has 1 heterocycles. The first-order valence-corrected chi connectivity index (χ1v) is 7.05. The van der Waals surface area contributed by atoms with E-state index in [1.807, 2.05) is 6.92 Å². The molecule has 2 rings (SSSR count). The van der Waals surface area contributed by atoms with Crippen LogP contribution in [0, 0.1) is 5.82 Å². The third-order valence-electron chi connectivity index (χ3n) is 3.35. The fourth-order valence-electron chi connectivity index (χ4n) is 2.30. The molecule has 1 atom stereocenters. The lowest BCUT2D eigenvalue weighted by atomic mass is 10.1. The third kappa shape index (κ3) is 3.18. The third-order valence-corrected chi connectivity index (χ3v) is 3.57. The second-order valence-corrected chi connectivity index (χ2v) is 5.32. The Bertz CT molecular complexity index is 606. The number of amides is 3. The van der Waals surface area contributed by atoms with Gasteiger partial charge in [-0.2, -0.15) is 0 Å². The van der Waals surface area contributed by atoms with Crippen molar-refractivity contribution in [1.82, 2.24) is 10.2 Å². The molecule has 0 saturated carbocycles. The van der Waals surface area contributed by atoms with Crippen molar-refractivity contribution in [2.24, 2.45) is 5.73 Å². The van der Waals surface area contributed by atoms with E-state index < -0.39 is 17.9 Å². The van der Waals surface area contributed by atoms with Crippen molar-refractivity contribution in [2.75, 3.05) is 0 Å². The van der Waals surface area contributed by atoms with E-state index in [1.54, 1.807) is 0 Å². The summed E-state index contributed by atoms with van der Waals surface area (Å²) in [4.78, 5) is 25.2. The summed E-state index contributed by atoms with van der Waals surface area (Å²) in [7, 11) is 0. The highest BCUT2D eigenvalue weighted by Crippen LogP contribution is 2.18. The maximum atomic E-state index is 13.3. The molecule has 0 radical (unpaired) electrons. The number of hydrogen-bond donors (Lipinski definition) is 2. The Morgan fingerprint density at radius 3 is 2.81 bits per heavy atom. The van der Waals surface area contributed by atoms with Crippen LogP contribution in [0.1, 0.15) is 30.9 Å². The van der Waals surface area contributed by atoms with Crippen molar-refractivity contribution in [3.05, 3.63) is 35.1 Å². The molecule has 112 valence electrons. The zero-order valence-electron chi connectivity index (χ0n) is 11.6. The molecule has 7 heteroatoms. The van der Waals surface area contributed by atoms with Gasteiger partial charge in [-0.15, -0.1) is 0 Å². The van der Waals surface area contributed by atoms with E-state index in [0.29, 0.717) is 17.5 Å². The van der Waals surface area contributed by atoms with E-state index in [-0.39, 0.29) is 17.4 Å². The number of benzene rings is 1. The lowest BCUT2D eigenvalue weighted by Gasteiger charge is -2.15. The van der Waals surface area contributed by atoms with E-state index in [2.05, 4.69) is 5.32 Å². The summed E-state index contributed by atoms with van der Waals surface area (Å²) in [6.07, 6.45) is 1.38. The number of carbonyl (C=O) groups is 2. The average molecular weight is 309 g/mol. The summed E-state index contributed by atoms with van der Waals surface area (Å²) in [5.74, 6) is -0.748.